The summed E-state index contributed by atoms with van der Waals surface area (Å²) < 4.78 is 22.2. The van der Waals surface area contributed by atoms with Crippen LogP contribution >= 0.6 is 15.6 Å². The van der Waals surface area contributed by atoms with E-state index in [1.54, 1.807) is 24.3 Å². The molecule has 0 unspecified atom stereocenters. The monoisotopic (exact) mass is 720 g/mol. The lowest BCUT2D eigenvalue weighted by Crippen LogP contribution is -1.84. The fourth-order valence-corrected chi connectivity index (χ4v) is 3.95. The van der Waals surface area contributed by atoms with Crippen molar-refractivity contribution in [3.05, 3.63) is 144 Å². The maximum Gasteiger partial charge on any atom is 0.478 e. The van der Waals surface area contributed by atoms with Crippen LogP contribution in [0.2, 0.25) is 0 Å². The summed E-state index contributed by atoms with van der Waals surface area (Å²) in [7, 11) is -10.1. The number of para-hydroxylation sites is 4. The number of aryl methyl sites for hydroxylation is 4. The first kappa shape index (κ1) is 44.2. The number of benzene rings is 5. The molecule has 0 atom stereocenters. The Morgan fingerprint density at radius 1 is 0.367 bits per heavy atom. The molecule has 266 valence electrons. The van der Waals surface area contributed by atoms with E-state index in [0.29, 0.717) is 23.0 Å². The van der Waals surface area contributed by atoms with Crippen LogP contribution in [0.5, 0.6) is 34.5 Å². The summed E-state index contributed by atoms with van der Waals surface area (Å²) >= 11 is 0. The van der Waals surface area contributed by atoms with Crippen LogP contribution in [0.15, 0.2) is 121 Å². The van der Waals surface area contributed by atoms with E-state index in [-0.39, 0.29) is 11.5 Å². The van der Waals surface area contributed by atoms with Crippen LogP contribution in [-0.2, 0) is 13.4 Å². The number of rotatable bonds is 2. The number of phenols is 6. The van der Waals surface area contributed by atoms with E-state index in [4.69, 9.17) is 50.2 Å². The summed E-state index contributed by atoms with van der Waals surface area (Å²) in [4.78, 5) is 31.0. The Kier molecular flexibility index (Phi) is 20.4. The predicted octanol–water partition coefficient (Wildman–Crippen LogP) is 7.09. The average molecular weight is 721 g/mol. The zero-order valence-corrected chi connectivity index (χ0v) is 28.9. The first-order chi connectivity index (χ1) is 22.7. The molecule has 10 N–H and O–H groups in total. The third-order valence-electron chi connectivity index (χ3n) is 5.52. The highest BCUT2D eigenvalue weighted by molar-refractivity contribution is 7.60. The highest BCUT2D eigenvalue weighted by atomic mass is 31.3. The predicted molar refractivity (Wildman–Crippen MR) is 186 cm³/mol. The van der Waals surface area contributed by atoms with Gasteiger partial charge < -0.3 is 50.2 Å². The van der Waals surface area contributed by atoms with Crippen molar-refractivity contribution in [3.63, 3.8) is 0 Å². The molecule has 0 aliphatic heterocycles. The van der Waals surface area contributed by atoms with Crippen molar-refractivity contribution in [3.8, 4) is 34.5 Å². The molecule has 0 bridgehead atoms. The van der Waals surface area contributed by atoms with Crippen molar-refractivity contribution < 1.29 is 63.7 Å². The van der Waals surface area contributed by atoms with Gasteiger partial charge in [0.1, 0.15) is 34.5 Å². The summed E-state index contributed by atoms with van der Waals surface area (Å²) in [5.74, 6) is 1.81. The molecule has 0 heterocycles. The second-order valence-electron chi connectivity index (χ2n) is 9.73. The minimum absolute atomic E-state index is 0.169. The van der Waals surface area contributed by atoms with Crippen molar-refractivity contribution >= 4 is 15.6 Å². The second kappa shape index (κ2) is 22.7. The normalized spacial score (nSPS) is 9.96. The fraction of sp³-hybridized carbons (Fsp3) is 0.118. The maximum atomic E-state index is 9.63. The molecule has 5 aromatic carbocycles. The van der Waals surface area contributed by atoms with Crippen molar-refractivity contribution in [2.24, 2.45) is 0 Å². The Hall–Kier alpha value is -4.84. The molecular formula is C34H42O13P2. The van der Waals surface area contributed by atoms with Gasteiger partial charge in [-0.1, -0.05) is 72.8 Å². The van der Waals surface area contributed by atoms with Gasteiger partial charge in [-0.05, 0) is 98.5 Å². The van der Waals surface area contributed by atoms with Gasteiger partial charge in [0.2, 0.25) is 0 Å². The first-order valence-electron chi connectivity index (χ1n) is 14.0. The van der Waals surface area contributed by atoms with Crippen LogP contribution in [0.4, 0.5) is 0 Å². The van der Waals surface area contributed by atoms with Gasteiger partial charge in [-0.15, -0.1) is 0 Å². The topological polar surface area (TPSA) is 246 Å². The van der Waals surface area contributed by atoms with Gasteiger partial charge in [-0.2, -0.15) is 4.31 Å². The van der Waals surface area contributed by atoms with E-state index in [0.717, 1.165) is 22.3 Å². The molecule has 0 fully saturated rings. The number of hydrogen-bond donors (Lipinski definition) is 10. The van der Waals surface area contributed by atoms with Crippen molar-refractivity contribution in [2.75, 3.05) is 0 Å². The van der Waals surface area contributed by atoms with Gasteiger partial charge in [-0.25, -0.2) is 9.13 Å². The molecule has 49 heavy (non-hydrogen) atoms. The lowest BCUT2D eigenvalue weighted by molar-refractivity contribution is 0.225. The Labute approximate surface area is 284 Å². The van der Waals surface area contributed by atoms with Crippen molar-refractivity contribution in [2.45, 2.75) is 27.7 Å². The quantitative estimate of drug-likeness (QED) is 0.0647. The zero-order chi connectivity index (χ0) is 37.6. The van der Waals surface area contributed by atoms with Gasteiger partial charge in [0.05, 0.1) is 0 Å². The van der Waals surface area contributed by atoms with Crippen LogP contribution < -0.4 is 0 Å². The standard InChI is InChI=1S/4C7H8O.C6H6O2.H4O7P2/c4*1-6-4-2-3-5-7(6)8;7-5-1-2-6(8)4-3-5;1-8(2,3)7-9(4,5)6/h4*2-5,8H,1H3;1-4,7-8H;(H2,1,2,3)(H2,4,5,6). The largest absolute Gasteiger partial charge is 0.508 e. The maximum absolute atomic E-state index is 9.63. The molecule has 13 nitrogen and oxygen atoms in total. The number of phenolic OH excluding ortho intramolecular Hbond substituents is 6. The number of hydrogen-bond acceptors (Lipinski definition) is 9. The third-order valence-corrected chi connectivity index (χ3v) is 7.23. The Bertz CT molecular complexity index is 1450. The van der Waals surface area contributed by atoms with Crippen LogP contribution in [0.25, 0.3) is 0 Å². The summed E-state index contributed by atoms with van der Waals surface area (Å²) in [5.41, 5.74) is 3.69. The van der Waals surface area contributed by atoms with Crippen LogP contribution in [0, 0.1) is 27.7 Å². The van der Waals surface area contributed by atoms with Crippen LogP contribution in [0.3, 0.4) is 0 Å². The van der Waals surface area contributed by atoms with Crippen molar-refractivity contribution in [1.82, 2.24) is 0 Å². The lowest BCUT2D eigenvalue weighted by atomic mass is 10.2. The highest BCUT2D eigenvalue weighted by Gasteiger charge is 2.27. The molecule has 15 heteroatoms. The summed E-state index contributed by atoms with van der Waals surface area (Å²) in [6.45, 7) is 7.48. The molecule has 0 saturated carbocycles. The zero-order valence-electron chi connectivity index (χ0n) is 27.1. The Balaban J connectivity index is 0.000000564. The van der Waals surface area contributed by atoms with E-state index in [9.17, 15) is 9.13 Å². The molecule has 0 aromatic heterocycles. The summed E-state index contributed by atoms with van der Waals surface area (Å²) in [6, 6.07) is 34.7. The third kappa shape index (κ3) is 24.0. The minimum Gasteiger partial charge on any atom is -0.508 e. The molecule has 0 aliphatic rings. The van der Waals surface area contributed by atoms with Crippen LogP contribution in [0.1, 0.15) is 22.3 Å². The number of phosphoric acid groups is 2. The minimum atomic E-state index is -5.05. The van der Waals surface area contributed by atoms with Crippen LogP contribution in [-0.4, -0.2) is 50.2 Å². The van der Waals surface area contributed by atoms with Gasteiger partial charge in [-0.3, -0.25) is 0 Å². The van der Waals surface area contributed by atoms with Gasteiger partial charge in [0.15, 0.2) is 0 Å². The molecule has 0 saturated heterocycles. The van der Waals surface area contributed by atoms with E-state index in [1.807, 2.05) is 100 Å². The Morgan fingerprint density at radius 3 is 0.653 bits per heavy atom. The van der Waals surface area contributed by atoms with E-state index < -0.39 is 15.6 Å². The lowest BCUT2D eigenvalue weighted by Gasteiger charge is -2.03. The van der Waals surface area contributed by atoms with Gasteiger partial charge in [0.25, 0.3) is 0 Å². The summed E-state index contributed by atoms with van der Waals surface area (Å²) in [6.07, 6.45) is 0. The SMILES string of the molecule is Cc1ccccc1O.Cc1ccccc1O.Cc1ccccc1O.Cc1ccccc1O.O=P(O)(O)OP(=O)(O)O.Oc1ccc(O)cc1. The highest BCUT2D eigenvalue weighted by Crippen LogP contribution is 2.53. The van der Waals surface area contributed by atoms with E-state index in [2.05, 4.69) is 4.31 Å². The Morgan fingerprint density at radius 2 is 0.551 bits per heavy atom. The number of aromatic hydroxyl groups is 6. The van der Waals surface area contributed by atoms with Gasteiger partial charge >= 0.3 is 15.6 Å². The fourth-order valence-electron chi connectivity index (χ4n) is 2.84. The molecule has 0 radical (unpaired) electrons. The van der Waals surface area contributed by atoms with E-state index >= 15 is 0 Å². The molecule has 0 amide bonds. The summed E-state index contributed by atoms with van der Waals surface area (Å²) in [5, 5.41) is 53.0. The second-order valence-corrected chi connectivity index (χ2v) is 12.3. The molecule has 0 aliphatic carbocycles. The molecule has 0 spiro atoms. The van der Waals surface area contributed by atoms with E-state index in [1.165, 1.54) is 24.3 Å². The molecule has 5 rings (SSSR count). The molecular weight excluding hydrogens is 678 g/mol. The first-order valence-corrected chi connectivity index (χ1v) is 17.1. The molecule has 5 aromatic rings. The average Bonchev–Trinajstić information content (AvgIpc) is 3.01. The smallest absolute Gasteiger partial charge is 0.478 e. The van der Waals surface area contributed by atoms with Gasteiger partial charge in [0, 0.05) is 0 Å². The van der Waals surface area contributed by atoms with Crippen molar-refractivity contribution in [1.29, 1.82) is 0 Å².